The summed E-state index contributed by atoms with van der Waals surface area (Å²) in [6, 6.07) is 0. The summed E-state index contributed by atoms with van der Waals surface area (Å²) in [7, 11) is -0.879. The van der Waals surface area contributed by atoms with E-state index in [1.807, 2.05) is 0 Å². The summed E-state index contributed by atoms with van der Waals surface area (Å²) >= 11 is 8.33. The quantitative estimate of drug-likeness (QED) is 0.138. The van der Waals surface area contributed by atoms with Crippen LogP contribution in [-0.4, -0.2) is 52.7 Å². The zero-order chi connectivity index (χ0) is 25.7. The molecule has 0 atom stereocenters. The molecule has 0 aliphatic rings. The van der Waals surface area contributed by atoms with Crippen molar-refractivity contribution < 1.29 is 0 Å². The van der Waals surface area contributed by atoms with Gasteiger partial charge in [0.1, 0.15) is 0 Å². The van der Waals surface area contributed by atoms with Crippen LogP contribution in [0.25, 0.3) is 0 Å². The summed E-state index contributed by atoms with van der Waals surface area (Å²) in [6.07, 6.45) is 22.7. The number of unbranched alkanes of at least 4 members (excludes halogenated alkanes) is 6. The van der Waals surface area contributed by atoms with Crippen LogP contribution in [0.4, 0.5) is 5.95 Å². The average Bonchev–Trinajstić information content (AvgIpc) is 2.83. The molecule has 0 saturated carbocycles. The fourth-order valence-electron chi connectivity index (χ4n) is 4.45. The van der Waals surface area contributed by atoms with Crippen LogP contribution in [0.2, 0.25) is 0 Å². The topological polar surface area (TPSA) is 41.9 Å². The van der Waals surface area contributed by atoms with E-state index in [-0.39, 0.29) is 0 Å². The van der Waals surface area contributed by atoms with Crippen molar-refractivity contribution in [3.05, 3.63) is 0 Å². The Morgan fingerprint density at radius 3 is 1.15 bits per heavy atom. The monoisotopic (exact) mass is 532 g/mol. The predicted octanol–water partition coefficient (Wildman–Crippen LogP) is 8.79. The van der Waals surface area contributed by atoms with Gasteiger partial charge in [0.05, 0.1) is 0 Å². The van der Waals surface area contributed by atoms with Gasteiger partial charge in [-0.25, -0.2) is 0 Å². The van der Waals surface area contributed by atoms with Gasteiger partial charge in [0, 0.05) is 13.1 Å². The number of anilines is 1. The summed E-state index contributed by atoms with van der Waals surface area (Å²) in [4.78, 5) is 14.7. The summed E-state index contributed by atoms with van der Waals surface area (Å²) in [5.41, 5.74) is 0. The predicted molar refractivity (Wildman–Crippen MR) is 164 cm³/mol. The Hall–Kier alpha value is -0.0600. The minimum atomic E-state index is -0.879. The van der Waals surface area contributed by atoms with E-state index in [9.17, 15) is 0 Å². The van der Waals surface area contributed by atoms with Gasteiger partial charge < -0.3 is 4.90 Å². The van der Waals surface area contributed by atoms with Gasteiger partial charge in [0.15, 0.2) is 10.3 Å². The average molecular weight is 533 g/mol. The van der Waals surface area contributed by atoms with Crippen molar-refractivity contribution in [1.29, 1.82) is 0 Å². The van der Waals surface area contributed by atoms with Crippen molar-refractivity contribution in [3.8, 4) is 0 Å². The third-order valence-corrected chi connectivity index (χ3v) is 12.7. The summed E-state index contributed by atoms with van der Waals surface area (Å²) in [5.74, 6) is 0.692. The molecular weight excluding hydrogens is 475 g/mol. The van der Waals surface area contributed by atoms with Gasteiger partial charge in [0.25, 0.3) is 0 Å². The number of rotatable bonds is 19. The Morgan fingerprint density at radius 1 is 0.529 bits per heavy atom. The number of aromatic nitrogens is 3. The second-order valence-electron chi connectivity index (χ2n) is 9.84. The van der Waals surface area contributed by atoms with Crippen LogP contribution >= 0.6 is 32.5 Å². The molecule has 0 aliphatic carbocycles. The van der Waals surface area contributed by atoms with Crippen molar-refractivity contribution in [2.45, 2.75) is 129 Å². The zero-order valence-electron chi connectivity index (χ0n) is 23.4. The number of hydrogen-bond donors (Lipinski definition) is 2. The first-order valence-electron chi connectivity index (χ1n) is 14.3. The van der Waals surface area contributed by atoms with Crippen LogP contribution in [0, 0.1) is 0 Å². The van der Waals surface area contributed by atoms with Crippen LogP contribution in [0.5, 0.6) is 0 Å². The Balaban J connectivity index is 0.000000641. The van der Waals surface area contributed by atoms with Gasteiger partial charge in [-0.3, -0.25) is 0 Å². The van der Waals surface area contributed by atoms with E-state index < -0.39 is 7.26 Å². The molecule has 0 aliphatic heterocycles. The molecule has 0 amide bonds. The van der Waals surface area contributed by atoms with Gasteiger partial charge in [-0.05, 0) is 12.8 Å². The van der Waals surface area contributed by atoms with E-state index in [2.05, 4.69) is 86.7 Å². The SMILES string of the molecule is CCCCN(CCCC)c1nc(S)nc(S)n1.CCCC[PH](CCCC)(CCCC)CCCC. The van der Waals surface area contributed by atoms with Crippen molar-refractivity contribution in [2.75, 3.05) is 42.6 Å². The second-order valence-corrected chi connectivity index (χ2v) is 15.6. The molecule has 1 rings (SSSR count). The van der Waals surface area contributed by atoms with Gasteiger partial charge in [-0.15, -0.1) is 25.3 Å². The molecule has 0 aromatic carbocycles. The van der Waals surface area contributed by atoms with Crippen LogP contribution in [-0.2, 0) is 0 Å². The molecule has 7 heteroatoms. The first-order valence-corrected chi connectivity index (χ1v) is 18.0. The van der Waals surface area contributed by atoms with Crippen molar-refractivity contribution in [1.82, 2.24) is 15.0 Å². The molecule has 0 N–H and O–H groups in total. The Labute approximate surface area is 224 Å². The molecule has 1 aromatic heterocycles. The molecule has 0 unspecified atom stereocenters. The summed E-state index contributed by atoms with van der Waals surface area (Å²) in [5, 5.41) is 0.857. The molecule has 1 heterocycles. The molecule has 1 aromatic rings. The van der Waals surface area contributed by atoms with E-state index >= 15 is 0 Å². The molecule has 0 spiro atoms. The van der Waals surface area contributed by atoms with E-state index in [1.165, 1.54) is 51.4 Å². The fourth-order valence-corrected chi connectivity index (χ4v) is 10.8. The van der Waals surface area contributed by atoms with Gasteiger partial charge in [0.2, 0.25) is 5.95 Å². The van der Waals surface area contributed by atoms with Crippen LogP contribution in [0.3, 0.4) is 0 Å². The van der Waals surface area contributed by atoms with Crippen LogP contribution < -0.4 is 4.90 Å². The fraction of sp³-hybridized carbons (Fsp3) is 0.889. The molecule has 34 heavy (non-hydrogen) atoms. The van der Waals surface area contributed by atoms with Gasteiger partial charge in [-0.1, -0.05) is 26.7 Å². The van der Waals surface area contributed by atoms with Crippen molar-refractivity contribution >= 4 is 38.5 Å². The van der Waals surface area contributed by atoms with Crippen molar-refractivity contribution in [3.63, 3.8) is 0 Å². The Bertz CT molecular complexity index is 538. The maximum atomic E-state index is 4.26. The first-order chi connectivity index (χ1) is 16.4. The Kier molecular flexibility index (Phi) is 22.1. The standard InChI is InChI=1S/C16H37P.C11H20N4S2/c1-5-9-13-17(14-10-6-2,15-11-7-3)16-12-8-4;1-3-5-7-15(8-6-4-2)9-12-10(16)14-11(17)13-9/h17H,5-16H2,1-4H3;3-8H2,1-2H3,(H2,12,13,14,16,17). The van der Waals surface area contributed by atoms with E-state index in [0.717, 1.165) is 38.8 Å². The molecule has 4 nitrogen and oxygen atoms in total. The molecule has 0 fully saturated rings. The van der Waals surface area contributed by atoms with Crippen LogP contribution in [0.15, 0.2) is 10.3 Å². The Morgan fingerprint density at radius 2 is 0.853 bits per heavy atom. The maximum absolute atomic E-state index is 4.26. The van der Waals surface area contributed by atoms with Crippen molar-refractivity contribution in [2.24, 2.45) is 0 Å². The first kappa shape index (κ1) is 33.9. The normalized spacial score (nSPS) is 11.8. The third-order valence-electron chi connectivity index (χ3n) is 6.69. The van der Waals surface area contributed by atoms with Gasteiger partial charge >= 0.3 is 111 Å². The summed E-state index contributed by atoms with van der Waals surface area (Å²) in [6.45, 7) is 15.7. The van der Waals surface area contributed by atoms with E-state index in [1.54, 1.807) is 24.6 Å². The van der Waals surface area contributed by atoms with E-state index in [0.29, 0.717) is 16.3 Å². The number of thiol groups is 2. The zero-order valence-corrected chi connectivity index (χ0v) is 26.2. The number of nitrogens with zero attached hydrogens (tertiary/aromatic N) is 4. The third kappa shape index (κ3) is 15.8. The van der Waals surface area contributed by atoms with E-state index in [4.69, 9.17) is 0 Å². The molecule has 0 radical (unpaired) electrons. The molecule has 0 saturated heterocycles. The second kappa shape index (κ2) is 22.2. The van der Waals surface area contributed by atoms with Gasteiger partial charge in [-0.2, -0.15) is 15.0 Å². The molecular formula is C27H57N4PS2. The molecule has 202 valence electrons. The van der Waals surface area contributed by atoms with Crippen LogP contribution in [0.1, 0.15) is 119 Å². The molecule has 0 bridgehead atoms. The summed E-state index contributed by atoms with van der Waals surface area (Å²) < 4.78 is 0. The minimum absolute atomic E-state index is 0.429. The number of hydrogen-bond acceptors (Lipinski definition) is 6.